The van der Waals surface area contributed by atoms with E-state index in [9.17, 15) is 13.2 Å². The number of rotatable bonds is 6. The number of alkyl halides is 3. The van der Waals surface area contributed by atoms with E-state index in [1.54, 1.807) is 12.1 Å². The maximum absolute atomic E-state index is 13.1. The number of hydrogen-bond acceptors (Lipinski definition) is 6. The SMILES string of the molecule is CCCC(N)c1cccc(-c2cc(OC)c3cnn(-c4nccc(C(F)(F)F)n4)c3c2)n1. The number of halogens is 3. The van der Waals surface area contributed by atoms with E-state index in [1.807, 2.05) is 18.2 Å². The Morgan fingerprint density at radius 1 is 1.16 bits per heavy atom. The van der Waals surface area contributed by atoms with Gasteiger partial charge >= 0.3 is 6.18 Å². The van der Waals surface area contributed by atoms with Crippen molar-refractivity contribution >= 4 is 10.9 Å². The molecule has 1 aromatic carbocycles. The molecule has 0 aliphatic carbocycles. The van der Waals surface area contributed by atoms with Crippen LogP contribution in [0.4, 0.5) is 13.2 Å². The summed E-state index contributed by atoms with van der Waals surface area (Å²) in [7, 11) is 1.51. The van der Waals surface area contributed by atoms with E-state index in [0.717, 1.165) is 30.8 Å². The predicted octanol–water partition coefficient (Wildman–Crippen LogP) is 4.70. The lowest BCUT2D eigenvalue weighted by atomic mass is 10.1. The van der Waals surface area contributed by atoms with Crippen LogP contribution in [0.1, 0.15) is 37.2 Å². The van der Waals surface area contributed by atoms with Gasteiger partial charge in [0, 0.05) is 17.8 Å². The molecule has 3 aromatic heterocycles. The smallest absolute Gasteiger partial charge is 0.433 e. The van der Waals surface area contributed by atoms with Crippen molar-refractivity contribution in [3.63, 3.8) is 0 Å². The highest BCUT2D eigenvalue weighted by Gasteiger charge is 2.33. The number of pyridine rings is 1. The molecule has 4 rings (SSSR count). The summed E-state index contributed by atoms with van der Waals surface area (Å²) in [4.78, 5) is 12.3. The summed E-state index contributed by atoms with van der Waals surface area (Å²) in [6, 6.07) is 9.79. The van der Waals surface area contributed by atoms with Crippen LogP contribution in [0.2, 0.25) is 0 Å². The Morgan fingerprint density at radius 3 is 2.69 bits per heavy atom. The Hall–Kier alpha value is -3.53. The van der Waals surface area contributed by atoms with Crippen LogP contribution >= 0.6 is 0 Å². The molecule has 0 spiro atoms. The van der Waals surface area contributed by atoms with E-state index in [1.165, 1.54) is 18.0 Å². The van der Waals surface area contributed by atoms with Crippen molar-refractivity contribution in [2.75, 3.05) is 7.11 Å². The average Bonchev–Trinajstić information content (AvgIpc) is 3.22. The lowest BCUT2D eigenvalue weighted by Gasteiger charge is -2.12. The van der Waals surface area contributed by atoms with Gasteiger partial charge in [0.2, 0.25) is 0 Å². The van der Waals surface area contributed by atoms with Crippen LogP contribution in [0.15, 0.2) is 48.8 Å². The summed E-state index contributed by atoms with van der Waals surface area (Å²) in [6.07, 6.45) is -0.297. The van der Waals surface area contributed by atoms with Crippen LogP contribution < -0.4 is 10.5 Å². The van der Waals surface area contributed by atoms with Gasteiger partial charge in [-0.25, -0.2) is 9.97 Å². The standard InChI is InChI=1S/C22H21F3N6O/c1-3-5-15(26)17-7-4-6-16(29-17)13-10-18-14(19(11-13)32-2)12-28-31(18)21-27-9-8-20(30-21)22(23,24)25/h4,6-12,15H,3,5,26H2,1-2H3. The maximum Gasteiger partial charge on any atom is 0.433 e. The summed E-state index contributed by atoms with van der Waals surface area (Å²) in [5, 5.41) is 4.81. The van der Waals surface area contributed by atoms with Crippen LogP contribution in [-0.4, -0.2) is 31.8 Å². The molecule has 0 aliphatic heterocycles. The molecule has 0 radical (unpaired) electrons. The van der Waals surface area contributed by atoms with Gasteiger partial charge in [0.1, 0.15) is 11.4 Å². The van der Waals surface area contributed by atoms with Crippen molar-refractivity contribution in [1.29, 1.82) is 0 Å². The third-order valence-electron chi connectivity index (χ3n) is 5.04. The molecular formula is C22H21F3N6O. The van der Waals surface area contributed by atoms with Crippen molar-refractivity contribution in [2.45, 2.75) is 32.0 Å². The molecule has 1 atom stereocenters. The number of fused-ring (bicyclic) bond motifs is 1. The number of nitrogens with zero attached hydrogens (tertiary/aromatic N) is 5. The number of methoxy groups -OCH3 is 1. The molecule has 7 nitrogen and oxygen atoms in total. The summed E-state index contributed by atoms with van der Waals surface area (Å²) >= 11 is 0. The molecule has 0 aliphatic rings. The van der Waals surface area contributed by atoms with Crippen LogP contribution in [-0.2, 0) is 6.18 Å². The summed E-state index contributed by atoms with van der Waals surface area (Å²) < 4.78 is 46.1. The van der Waals surface area contributed by atoms with E-state index >= 15 is 0 Å². The van der Waals surface area contributed by atoms with Crippen LogP contribution in [0.25, 0.3) is 28.1 Å². The van der Waals surface area contributed by atoms with Gasteiger partial charge in [0.25, 0.3) is 5.95 Å². The first kappa shape index (κ1) is 21.7. The zero-order valence-electron chi connectivity index (χ0n) is 17.5. The summed E-state index contributed by atoms with van der Waals surface area (Å²) in [5.41, 5.74) is 7.79. The van der Waals surface area contributed by atoms with E-state index in [0.29, 0.717) is 27.9 Å². The van der Waals surface area contributed by atoms with Crippen LogP contribution in [0.3, 0.4) is 0 Å². The molecular weight excluding hydrogens is 421 g/mol. The van der Waals surface area contributed by atoms with E-state index in [4.69, 9.17) is 10.5 Å². The maximum atomic E-state index is 13.1. The molecule has 2 N–H and O–H groups in total. The fourth-order valence-corrected chi connectivity index (χ4v) is 3.46. The lowest BCUT2D eigenvalue weighted by molar-refractivity contribution is -0.141. The number of benzene rings is 1. The minimum atomic E-state index is -4.59. The highest BCUT2D eigenvalue weighted by atomic mass is 19.4. The second kappa shape index (κ2) is 8.54. The largest absolute Gasteiger partial charge is 0.496 e. The van der Waals surface area contributed by atoms with Gasteiger partial charge in [-0.1, -0.05) is 19.4 Å². The van der Waals surface area contributed by atoms with Crippen molar-refractivity contribution in [2.24, 2.45) is 5.73 Å². The lowest BCUT2D eigenvalue weighted by Crippen LogP contribution is -2.12. The number of hydrogen-bond donors (Lipinski definition) is 1. The molecule has 0 saturated carbocycles. The minimum absolute atomic E-state index is 0.186. The van der Waals surface area contributed by atoms with Crippen molar-refractivity contribution in [3.05, 3.63) is 60.2 Å². The Bertz CT molecular complexity index is 1250. The fourth-order valence-electron chi connectivity index (χ4n) is 3.46. The quantitative estimate of drug-likeness (QED) is 0.465. The van der Waals surface area contributed by atoms with Gasteiger partial charge in [0.05, 0.1) is 35.6 Å². The molecule has 3 heterocycles. The third-order valence-corrected chi connectivity index (χ3v) is 5.04. The van der Waals surface area contributed by atoms with Gasteiger partial charge in [-0.05, 0) is 36.8 Å². The third kappa shape index (κ3) is 4.13. The number of ether oxygens (including phenoxy) is 1. The zero-order chi connectivity index (χ0) is 22.9. The van der Waals surface area contributed by atoms with Gasteiger partial charge in [-0.2, -0.15) is 23.0 Å². The number of aromatic nitrogens is 5. The first-order valence-electron chi connectivity index (χ1n) is 10.0. The molecule has 0 fully saturated rings. The molecule has 0 saturated heterocycles. The first-order valence-corrected chi connectivity index (χ1v) is 10.0. The van der Waals surface area contributed by atoms with Gasteiger partial charge in [0.15, 0.2) is 0 Å². The topological polar surface area (TPSA) is 91.7 Å². The molecule has 0 bridgehead atoms. The Morgan fingerprint density at radius 2 is 1.97 bits per heavy atom. The second-order valence-electron chi connectivity index (χ2n) is 7.25. The fraction of sp³-hybridized carbons (Fsp3) is 0.273. The molecule has 166 valence electrons. The van der Waals surface area contributed by atoms with Crippen molar-refractivity contribution in [1.82, 2.24) is 24.7 Å². The highest BCUT2D eigenvalue weighted by Crippen LogP contribution is 2.33. The van der Waals surface area contributed by atoms with Crippen LogP contribution in [0.5, 0.6) is 5.75 Å². The summed E-state index contributed by atoms with van der Waals surface area (Å²) in [6.45, 7) is 2.06. The predicted molar refractivity (Wildman–Crippen MR) is 113 cm³/mol. The Labute approximate surface area is 182 Å². The summed E-state index contributed by atoms with van der Waals surface area (Å²) in [5.74, 6) is 0.307. The molecule has 4 aromatic rings. The molecule has 32 heavy (non-hydrogen) atoms. The van der Waals surface area contributed by atoms with Crippen LogP contribution in [0, 0.1) is 0 Å². The van der Waals surface area contributed by atoms with Crippen molar-refractivity contribution in [3.8, 4) is 23.0 Å². The van der Waals surface area contributed by atoms with Gasteiger partial charge in [-0.3, -0.25) is 4.98 Å². The van der Waals surface area contributed by atoms with Gasteiger partial charge in [-0.15, -0.1) is 0 Å². The number of nitrogens with two attached hydrogens (primary N) is 1. The van der Waals surface area contributed by atoms with E-state index < -0.39 is 11.9 Å². The molecule has 10 heteroatoms. The minimum Gasteiger partial charge on any atom is -0.496 e. The Kier molecular flexibility index (Phi) is 5.79. The molecule has 1 unspecified atom stereocenters. The Balaban J connectivity index is 1.85. The normalized spacial score (nSPS) is 12.8. The average molecular weight is 442 g/mol. The van der Waals surface area contributed by atoms with E-state index in [2.05, 4.69) is 27.0 Å². The van der Waals surface area contributed by atoms with Gasteiger partial charge < -0.3 is 10.5 Å². The van der Waals surface area contributed by atoms with E-state index in [-0.39, 0.29) is 12.0 Å². The highest BCUT2D eigenvalue weighted by molar-refractivity contribution is 5.90. The molecule has 0 amide bonds. The second-order valence-corrected chi connectivity index (χ2v) is 7.25. The first-order chi connectivity index (χ1) is 15.3. The zero-order valence-corrected chi connectivity index (χ0v) is 17.5. The van der Waals surface area contributed by atoms with Crippen molar-refractivity contribution < 1.29 is 17.9 Å². The monoisotopic (exact) mass is 442 g/mol.